The Bertz CT molecular complexity index is 1060. The van der Waals surface area contributed by atoms with Gasteiger partial charge in [0.25, 0.3) is 5.78 Å². The molecule has 0 N–H and O–H groups in total. The Hall–Kier alpha value is -2.77. The van der Waals surface area contributed by atoms with Gasteiger partial charge in [-0.05, 0) is 40.0 Å². The lowest BCUT2D eigenvalue weighted by Gasteiger charge is -2.38. The van der Waals surface area contributed by atoms with Crippen molar-refractivity contribution in [3.8, 4) is 0 Å². The Balaban J connectivity index is 1.43. The van der Waals surface area contributed by atoms with Crippen molar-refractivity contribution < 1.29 is 0 Å². The predicted molar refractivity (Wildman–Crippen MR) is 113 cm³/mol. The first-order valence-corrected chi connectivity index (χ1v) is 10.6. The predicted octanol–water partition coefficient (Wildman–Crippen LogP) is 2.61. The third kappa shape index (κ3) is 3.10. The van der Waals surface area contributed by atoms with Crippen LogP contribution in [0.1, 0.15) is 54.0 Å². The highest BCUT2D eigenvalue weighted by Gasteiger charge is 2.30. The fourth-order valence-electron chi connectivity index (χ4n) is 4.32. The number of hydrogen-bond donors (Lipinski definition) is 0. The van der Waals surface area contributed by atoms with Crippen LogP contribution in [0.15, 0.2) is 6.33 Å². The van der Waals surface area contributed by atoms with E-state index in [9.17, 15) is 0 Å². The molecule has 1 saturated heterocycles. The molecule has 2 aliphatic rings. The van der Waals surface area contributed by atoms with Gasteiger partial charge in [0.2, 0.25) is 0 Å². The van der Waals surface area contributed by atoms with Crippen molar-refractivity contribution in [3.05, 3.63) is 34.7 Å². The number of hydrogen-bond acceptors (Lipinski definition) is 7. The van der Waals surface area contributed by atoms with Crippen molar-refractivity contribution in [2.24, 2.45) is 0 Å². The minimum absolute atomic E-state index is 0.572. The first kappa shape index (κ1) is 18.3. The SMILES string of the molecule is CCc1c(C)nc(C2CC2)nc1N1CCN(c2c(C)c(C)nc3ncnn23)CC1. The van der Waals surface area contributed by atoms with E-state index < -0.39 is 0 Å². The maximum absolute atomic E-state index is 5.02. The first-order valence-electron chi connectivity index (χ1n) is 10.6. The molecular weight excluding hydrogens is 364 g/mol. The highest BCUT2D eigenvalue weighted by atomic mass is 15.4. The van der Waals surface area contributed by atoms with Crippen molar-refractivity contribution in [2.45, 2.75) is 52.9 Å². The number of aryl methyl sites for hydroxylation is 2. The second-order valence-electron chi connectivity index (χ2n) is 8.19. The van der Waals surface area contributed by atoms with E-state index in [1.165, 1.54) is 24.0 Å². The molecule has 0 amide bonds. The van der Waals surface area contributed by atoms with Gasteiger partial charge in [-0.25, -0.2) is 15.0 Å². The summed E-state index contributed by atoms with van der Waals surface area (Å²) in [6.07, 6.45) is 5.01. The third-order valence-corrected chi connectivity index (χ3v) is 6.26. The molecule has 29 heavy (non-hydrogen) atoms. The zero-order valence-corrected chi connectivity index (χ0v) is 17.7. The number of piperazine rings is 1. The molecule has 3 aromatic heterocycles. The van der Waals surface area contributed by atoms with Gasteiger partial charge in [0.1, 0.15) is 23.8 Å². The minimum Gasteiger partial charge on any atom is -0.353 e. The van der Waals surface area contributed by atoms with Crippen molar-refractivity contribution in [1.82, 2.24) is 29.5 Å². The monoisotopic (exact) mass is 392 g/mol. The first-order chi connectivity index (χ1) is 14.1. The molecule has 0 atom stereocenters. The highest BCUT2D eigenvalue weighted by molar-refractivity contribution is 5.56. The molecule has 1 aliphatic carbocycles. The van der Waals surface area contributed by atoms with Crippen molar-refractivity contribution in [1.29, 1.82) is 0 Å². The maximum Gasteiger partial charge on any atom is 0.254 e. The Morgan fingerprint density at radius 2 is 1.66 bits per heavy atom. The summed E-state index contributed by atoms with van der Waals surface area (Å²) in [6.45, 7) is 12.2. The third-order valence-electron chi connectivity index (χ3n) is 6.26. The highest BCUT2D eigenvalue weighted by Crippen LogP contribution is 2.39. The number of rotatable bonds is 4. The fourth-order valence-corrected chi connectivity index (χ4v) is 4.32. The molecule has 0 unspecified atom stereocenters. The van der Waals surface area contributed by atoms with E-state index >= 15 is 0 Å². The van der Waals surface area contributed by atoms with Gasteiger partial charge in [-0.3, -0.25) is 0 Å². The number of aromatic nitrogens is 6. The fraction of sp³-hybridized carbons (Fsp3) is 0.571. The zero-order valence-electron chi connectivity index (χ0n) is 17.7. The zero-order chi connectivity index (χ0) is 20.1. The van der Waals surface area contributed by atoms with Gasteiger partial charge < -0.3 is 9.80 Å². The topological polar surface area (TPSA) is 75.3 Å². The molecule has 5 rings (SSSR count). The Morgan fingerprint density at radius 3 is 2.34 bits per heavy atom. The number of fused-ring (bicyclic) bond motifs is 1. The molecule has 0 aromatic carbocycles. The number of nitrogens with zero attached hydrogens (tertiary/aromatic N) is 8. The molecule has 3 aromatic rings. The van der Waals surface area contributed by atoms with Crippen LogP contribution in [-0.2, 0) is 6.42 Å². The summed E-state index contributed by atoms with van der Waals surface area (Å²) < 4.78 is 1.87. The van der Waals surface area contributed by atoms with E-state index in [0.717, 1.165) is 61.4 Å². The molecule has 1 aliphatic heterocycles. The lowest BCUT2D eigenvalue weighted by atomic mass is 10.1. The minimum atomic E-state index is 0.572. The summed E-state index contributed by atoms with van der Waals surface area (Å²) in [7, 11) is 0. The lowest BCUT2D eigenvalue weighted by molar-refractivity contribution is 0.625. The molecule has 0 bridgehead atoms. The largest absolute Gasteiger partial charge is 0.353 e. The van der Waals surface area contributed by atoms with Gasteiger partial charge in [0.05, 0.1) is 0 Å². The van der Waals surface area contributed by atoms with Crippen LogP contribution in [0.2, 0.25) is 0 Å². The van der Waals surface area contributed by atoms with Crippen molar-refractivity contribution in [3.63, 3.8) is 0 Å². The van der Waals surface area contributed by atoms with Crippen molar-refractivity contribution >= 4 is 17.4 Å². The molecule has 1 saturated carbocycles. The second-order valence-corrected chi connectivity index (χ2v) is 8.19. The van der Waals surface area contributed by atoms with Gasteiger partial charge in [0.15, 0.2) is 0 Å². The van der Waals surface area contributed by atoms with Gasteiger partial charge >= 0.3 is 0 Å². The second kappa shape index (κ2) is 6.93. The van der Waals surface area contributed by atoms with Crippen LogP contribution in [-0.4, -0.2) is 55.7 Å². The van der Waals surface area contributed by atoms with Crippen LogP contribution in [0.3, 0.4) is 0 Å². The van der Waals surface area contributed by atoms with Gasteiger partial charge in [0, 0.05) is 54.6 Å². The molecule has 2 fully saturated rings. The molecule has 152 valence electrons. The standard InChI is InChI=1S/C21H28N8/c1-5-17-15(4)24-18(16-6-7-16)26-19(17)27-8-10-28(11-9-27)20-13(2)14(3)25-21-22-12-23-29(20)21/h12,16H,5-11H2,1-4H3. The molecular formula is C21H28N8. The summed E-state index contributed by atoms with van der Waals surface area (Å²) >= 11 is 0. The van der Waals surface area contributed by atoms with Crippen LogP contribution in [0.5, 0.6) is 0 Å². The summed E-state index contributed by atoms with van der Waals surface area (Å²) in [4.78, 5) is 23.5. The van der Waals surface area contributed by atoms with Crippen LogP contribution >= 0.6 is 0 Å². The summed E-state index contributed by atoms with van der Waals surface area (Å²) in [5.41, 5.74) is 4.61. The Labute approximate surface area is 171 Å². The van der Waals surface area contributed by atoms with Crippen LogP contribution < -0.4 is 9.80 Å². The van der Waals surface area contributed by atoms with E-state index in [-0.39, 0.29) is 0 Å². The summed E-state index contributed by atoms with van der Waals surface area (Å²) in [5, 5.41) is 4.42. The van der Waals surface area contributed by atoms with E-state index in [0.29, 0.717) is 11.7 Å². The van der Waals surface area contributed by atoms with Crippen LogP contribution in [0, 0.1) is 20.8 Å². The van der Waals surface area contributed by atoms with E-state index in [1.54, 1.807) is 6.33 Å². The lowest BCUT2D eigenvalue weighted by Crippen LogP contribution is -2.48. The van der Waals surface area contributed by atoms with Gasteiger partial charge in [-0.15, -0.1) is 0 Å². The average Bonchev–Trinajstić information content (AvgIpc) is 3.48. The number of anilines is 2. The van der Waals surface area contributed by atoms with E-state index in [4.69, 9.17) is 9.97 Å². The molecule has 0 spiro atoms. The summed E-state index contributed by atoms with van der Waals surface area (Å²) in [6, 6.07) is 0. The quantitative estimate of drug-likeness (QED) is 0.675. The Morgan fingerprint density at radius 1 is 0.931 bits per heavy atom. The van der Waals surface area contributed by atoms with Crippen LogP contribution in [0.25, 0.3) is 5.78 Å². The molecule has 4 heterocycles. The smallest absolute Gasteiger partial charge is 0.254 e. The maximum atomic E-state index is 5.02. The van der Waals surface area contributed by atoms with Gasteiger partial charge in [-0.2, -0.15) is 14.6 Å². The normalized spacial score (nSPS) is 17.4. The van der Waals surface area contributed by atoms with E-state index in [2.05, 4.69) is 45.6 Å². The van der Waals surface area contributed by atoms with Crippen LogP contribution in [0.4, 0.5) is 11.6 Å². The van der Waals surface area contributed by atoms with E-state index in [1.807, 2.05) is 11.4 Å². The molecule has 0 radical (unpaired) electrons. The summed E-state index contributed by atoms with van der Waals surface area (Å²) in [5.74, 6) is 4.54. The van der Waals surface area contributed by atoms with Gasteiger partial charge in [-0.1, -0.05) is 6.92 Å². The molecule has 8 heteroatoms. The molecule has 8 nitrogen and oxygen atoms in total. The Kier molecular flexibility index (Phi) is 4.37. The van der Waals surface area contributed by atoms with Crippen molar-refractivity contribution in [2.75, 3.05) is 36.0 Å². The average molecular weight is 393 g/mol.